The fraction of sp³-hybridized carbons (Fsp3) is 0.556. The molecule has 0 saturated carbocycles. The van der Waals surface area contributed by atoms with E-state index >= 15 is 0 Å². The molecule has 2 heteroatoms. The van der Waals surface area contributed by atoms with Crippen LogP contribution in [0.2, 0.25) is 0 Å². The summed E-state index contributed by atoms with van der Waals surface area (Å²) in [4.78, 5) is 5.67. The molecule has 2 heterocycles. The summed E-state index contributed by atoms with van der Waals surface area (Å²) in [5.74, 6) is 0. The van der Waals surface area contributed by atoms with Gasteiger partial charge in [0.15, 0.2) is 0 Å². The minimum Gasteiger partial charge on any atom is -0.365 e. The van der Waals surface area contributed by atoms with E-state index in [1.54, 1.807) is 0 Å². The highest BCUT2D eigenvalue weighted by atomic mass is 15.1. The van der Waals surface area contributed by atoms with Gasteiger partial charge in [-0.05, 0) is 25.6 Å². The molecule has 0 radical (unpaired) electrons. The third-order valence-corrected chi connectivity index (χ3v) is 2.60. The van der Waals surface area contributed by atoms with Crippen LogP contribution < -0.4 is 0 Å². The maximum atomic E-state index is 3.28. The van der Waals surface area contributed by atoms with Gasteiger partial charge in [0.05, 0.1) is 0 Å². The number of aromatic nitrogens is 1. The van der Waals surface area contributed by atoms with Crippen LogP contribution in [0.25, 0.3) is 0 Å². The number of nitrogens with zero attached hydrogens (tertiary/aromatic N) is 1. The molecule has 0 bridgehead atoms. The Morgan fingerprint density at radius 1 is 1.64 bits per heavy atom. The van der Waals surface area contributed by atoms with E-state index in [-0.39, 0.29) is 0 Å². The molecule has 1 aliphatic heterocycles. The van der Waals surface area contributed by atoms with Crippen LogP contribution in [0.3, 0.4) is 0 Å². The molecule has 1 N–H and O–H groups in total. The Labute approximate surface area is 67.2 Å². The molecule has 1 atom stereocenters. The average molecular weight is 150 g/mol. The van der Waals surface area contributed by atoms with Crippen LogP contribution in [0, 0.1) is 0 Å². The summed E-state index contributed by atoms with van der Waals surface area (Å²) in [7, 11) is 2.18. The van der Waals surface area contributed by atoms with Crippen molar-refractivity contribution in [3.63, 3.8) is 0 Å². The van der Waals surface area contributed by atoms with Crippen molar-refractivity contribution < 1.29 is 0 Å². The lowest BCUT2D eigenvalue weighted by atomic mass is 10.0. The Morgan fingerprint density at radius 2 is 2.45 bits per heavy atom. The highest BCUT2D eigenvalue weighted by molar-refractivity contribution is 5.23. The number of likely N-dealkylation sites (N-methyl/N-ethyl adjacent to an activating group) is 1. The van der Waals surface area contributed by atoms with E-state index < -0.39 is 0 Å². The first-order chi connectivity index (χ1) is 5.27. The van der Waals surface area contributed by atoms with Crippen molar-refractivity contribution in [1.82, 2.24) is 9.88 Å². The second kappa shape index (κ2) is 2.38. The molecule has 60 valence electrons. The maximum Gasteiger partial charge on any atom is 0.0251 e. The van der Waals surface area contributed by atoms with Crippen molar-refractivity contribution in [2.45, 2.75) is 25.9 Å². The number of nitrogens with one attached hydrogen (secondary N) is 1. The van der Waals surface area contributed by atoms with Crippen LogP contribution in [-0.2, 0) is 13.0 Å². The number of hydrogen-bond donors (Lipinski definition) is 1. The quantitative estimate of drug-likeness (QED) is 0.592. The van der Waals surface area contributed by atoms with E-state index in [0.29, 0.717) is 6.04 Å². The standard InChI is InChI=1S/C9H14N2/c1-7-5-9-8(3-4-10-9)6-11(7)2/h3-4,7,10H,5-6H2,1-2H3/t7-/m0/s1. The van der Waals surface area contributed by atoms with Crippen LogP contribution >= 0.6 is 0 Å². The molecule has 2 nitrogen and oxygen atoms in total. The first kappa shape index (κ1) is 6.92. The first-order valence-electron chi connectivity index (χ1n) is 4.13. The topological polar surface area (TPSA) is 19.0 Å². The number of rotatable bonds is 0. The highest BCUT2D eigenvalue weighted by Crippen LogP contribution is 2.19. The van der Waals surface area contributed by atoms with Crippen molar-refractivity contribution in [3.8, 4) is 0 Å². The fourth-order valence-electron chi connectivity index (χ4n) is 1.65. The van der Waals surface area contributed by atoms with Gasteiger partial charge in [0.1, 0.15) is 0 Å². The van der Waals surface area contributed by atoms with E-state index in [0.717, 1.165) is 6.54 Å². The monoisotopic (exact) mass is 150 g/mol. The minimum atomic E-state index is 0.682. The molecule has 0 unspecified atom stereocenters. The summed E-state index contributed by atoms with van der Waals surface area (Å²) in [6.45, 7) is 3.36. The Balaban J connectivity index is 2.30. The van der Waals surface area contributed by atoms with E-state index in [1.807, 2.05) is 6.20 Å². The molecule has 0 fully saturated rings. The van der Waals surface area contributed by atoms with Crippen LogP contribution in [0.4, 0.5) is 0 Å². The van der Waals surface area contributed by atoms with Gasteiger partial charge in [-0.3, -0.25) is 4.90 Å². The van der Waals surface area contributed by atoms with Gasteiger partial charge in [0.2, 0.25) is 0 Å². The molecule has 0 spiro atoms. The molecule has 0 aromatic carbocycles. The van der Waals surface area contributed by atoms with Crippen LogP contribution in [0.5, 0.6) is 0 Å². The zero-order chi connectivity index (χ0) is 7.84. The van der Waals surface area contributed by atoms with Crippen molar-refractivity contribution in [2.24, 2.45) is 0 Å². The Bertz CT molecular complexity index is 227. The van der Waals surface area contributed by atoms with Crippen LogP contribution in [-0.4, -0.2) is 23.0 Å². The smallest absolute Gasteiger partial charge is 0.0251 e. The van der Waals surface area contributed by atoms with Crippen molar-refractivity contribution >= 4 is 0 Å². The van der Waals surface area contributed by atoms with Gasteiger partial charge in [-0.25, -0.2) is 0 Å². The van der Waals surface area contributed by atoms with Crippen molar-refractivity contribution in [3.05, 3.63) is 23.5 Å². The van der Waals surface area contributed by atoms with Gasteiger partial charge >= 0.3 is 0 Å². The minimum absolute atomic E-state index is 0.682. The lowest BCUT2D eigenvalue weighted by Crippen LogP contribution is -2.34. The molecule has 1 aromatic rings. The molecular formula is C9H14N2. The largest absolute Gasteiger partial charge is 0.365 e. The van der Waals surface area contributed by atoms with Gasteiger partial charge in [-0.2, -0.15) is 0 Å². The first-order valence-corrected chi connectivity index (χ1v) is 4.13. The van der Waals surface area contributed by atoms with Crippen molar-refractivity contribution in [1.29, 1.82) is 0 Å². The van der Waals surface area contributed by atoms with E-state index in [2.05, 4.69) is 29.9 Å². The van der Waals surface area contributed by atoms with Crippen LogP contribution in [0.1, 0.15) is 18.2 Å². The Kier molecular flexibility index (Phi) is 1.50. The normalized spacial score (nSPS) is 25.1. The summed E-state index contributed by atoms with van der Waals surface area (Å²) in [5.41, 5.74) is 2.89. The Morgan fingerprint density at radius 3 is 3.27 bits per heavy atom. The number of hydrogen-bond acceptors (Lipinski definition) is 1. The zero-order valence-corrected chi connectivity index (χ0v) is 7.09. The van der Waals surface area contributed by atoms with Gasteiger partial charge in [0.25, 0.3) is 0 Å². The van der Waals surface area contributed by atoms with Gasteiger partial charge in [-0.15, -0.1) is 0 Å². The molecule has 1 aliphatic rings. The number of H-pyrrole nitrogens is 1. The summed E-state index contributed by atoms with van der Waals surface area (Å²) in [6.07, 6.45) is 3.20. The lowest BCUT2D eigenvalue weighted by Gasteiger charge is -2.29. The molecule has 2 rings (SSSR count). The zero-order valence-electron chi connectivity index (χ0n) is 7.09. The summed E-state index contributed by atoms with van der Waals surface area (Å²) >= 11 is 0. The van der Waals surface area contributed by atoms with E-state index in [4.69, 9.17) is 0 Å². The molecule has 0 saturated heterocycles. The third-order valence-electron chi connectivity index (χ3n) is 2.60. The highest BCUT2D eigenvalue weighted by Gasteiger charge is 2.19. The predicted molar refractivity (Wildman–Crippen MR) is 45.4 cm³/mol. The third kappa shape index (κ3) is 1.07. The second-order valence-corrected chi connectivity index (χ2v) is 3.45. The lowest BCUT2D eigenvalue weighted by molar-refractivity contribution is 0.230. The predicted octanol–water partition coefficient (Wildman–Crippen LogP) is 1.39. The Hall–Kier alpha value is -0.760. The molecule has 1 aromatic heterocycles. The second-order valence-electron chi connectivity index (χ2n) is 3.45. The average Bonchev–Trinajstić information content (AvgIpc) is 2.36. The van der Waals surface area contributed by atoms with Crippen molar-refractivity contribution in [2.75, 3.05) is 7.05 Å². The molecule has 0 aliphatic carbocycles. The SMILES string of the molecule is C[C@H]1Cc2[nH]ccc2CN1C. The molecular weight excluding hydrogens is 136 g/mol. The molecule has 0 amide bonds. The van der Waals surface area contributed by atoms with Gasteiger partial charge in [0, 0.05) is 30.9 Å². The number of aromatic amines is 1. The summed E-state index contributed by atoms with van der Waals surface area (Å²) in [5, 5.41) is 0. The van der Waals surface area contributed by atoms with Crippen LogP contribution in [0.15, 0.2) is 12.3 Å². The summed E-state index contributed by atoms with van der Waals surface area (Å²) < 4.78 is 0. The van der Waals surface area contributed by atoms with E-state index in [1.165, 1.54) is 17.7 Å². The maximum absolute atomic E-state index is 3.28. The van der Waals surface area contributed by atoms with Gasteiger partial charge in [-0.1, -0.05) is 0 Å². The van der Waals surface area contributed by atoms with E-state index in [9.17, 15) is 0 Å². The number of fused-ring (bicyclic) bond motifs is 1. The molecule has 11 heavy (non-hydrogen) atoms. The fourth-order valence-corrected chi connectivity index (χ4v) is 1.65. The summed E-state index contributed by atoms with van der Waals surface area (Å²) in [6, 6.07) is 2.86. The van der Waals surface area contributed by atoms with Gasteiger partial charge < -0.3 is 4.98 Å².